The Morgan fingerprint density at radius 3 is 3.26 bits per heavy atom. The second-order valence-corrected chi connectivity index (χ2v) is 5.58. The number of nitrogens with zero attached hydrogens (tertiary/aromatic N) is 3. The van der Waals surface area contributed by atoms with E-state index in [1.165, 1.54) is 32.4 Å². The van der Waals surface area contributed by atoms with Crippen molar-refractivity contribution in [3.63, 3.8) is 0 Å². The SMILES string of the molecule is COCCCn1ccnc1NC1CCN2CCCC12. The van der Waals surface area contributed by atoms with Crippen LogP contribution in [0, 0.1) is 0 Å². The molecule has 19 heavy (non-hydrogen) atoms. The number of methoxy groups -OCH3 is 1. The third-order valence-electron chi connectivity index (χ3n) is 4.38. The fourth-order valence-corrected chi connectivity index (χ4v) is 3.43. The Bertz CT molecular complexity index is 406. The van der Waals surface area contributed by atoms with E-state index in [2.05, 4.69) is 26.0 Å². The van der Waals surface area contributed by atoms with Gasteiger partial charge in [0.05, 0.1) is 0 Å². The summed E-state index contributed by atoms with van der Waals surface area (Å²) in [6.07, 6.45) is 8.90. The van der Waals surface area contributed by atoms with Gasteiger partial charge in [-0.05, 0) is 32.2 Å². The van der Waals surface area contributed by atoms with Crippen LogP contribution >= 0.6 is 0 Å². The maximum Gasteiger partial charge on any atom is 0.203 e. The van der Waals surface area contributed by atoms with Crippen LogP contribution < -0.4 is 5.32 Å². The zero-order chi connectivity index (χ0) is 13.1. The maximum atomic E-state index is 5.11. The Morgan fingerprint density at radius 1 is 1.42 bits per heavy atom. The standard InChI is InChI=1S/C14H24N4O/c1-19-11-3-8-18-10-6-15-14(18)16-12-5-9-17-7-2-4-13(12)17/h6,10,12-13H,2-5,7-9,11H2,1H3,(H,15,16). The van der Waals surface area contributed by atoms with Crippen molar-refractivity contribution in [1.82, 2.24) is 14.5 Å². The molecule has 0 spiro atoms. The summed E-state index contributed by atoms with van der Waals surface area (Å²) in [5.41, 5.74) is 0. The quantitative estimate of drug-likeness (QED) is 0.792. The van der Waals surface area contributed by atoms with Gasteiger partial charge in [-0.3, -0.25) is 4.90 Å². The molecule has 1 aromatic heterocycles. The van der Waals surface area contributed by atoms with Gasteiger partial charge < -0.3 is 14.6 Å². The monoisotopic (exact) mass is 264 g/mol. The molecule has 0 saturated carbocycles. The van der Waals surface area contributed by atoms with Crippen molar-refractivity contribution in [3.8, 4) is 0 Å². The molecule has 2 aliphatic heterocycles. The van der Waals surface area contributed by atoms with Crippen LogP contribution in [0.25, 0.3) is 0 Å². The van der Waals surface area contributed by atoms with Gasteiger partial charge in [0.2, 0.25) is 5.95 Å². The van der Waals surface area contributed by atoms with E-state index in [9.17, 15) is 0 Å². The summed E-state index contributed by atoms with van der Waals surface area (Å²) in [4.78, 5) is 7.09. The molecule has 1 N–H and O–H groups in total. The molecule has 0 radical (unpaired) electrons. The van der Waals surface area contributed by atoms with Crippen LogP contribution in [0.2, 0.25) is 0 Å². The Balaban J connectivity index is 1.59. The van der Waals surface area contributed by atoms with Crippen LogP contribution in [-0.4, -0.2) is 53.3 Å². The molecule has 0 amide bonds. The smallest absolute Gasteiger partial charge is 0.203 e. The molecule has 106 valence electrons. The Morgan fingerprint density at radius 2 is 2.37 bits per heavy atom. The highest BCUT2D eigenvalue weighted by Gasteiger charge is 2.37. The summed E-state index contributed by atoms with van der Waals surface area (Å²) in [6, 6.07) is 1.30. The average Bonchev–Trinajstić information content (AvgIpc) is 3.09. The largest absolute Gasteiger partial charge is 0.385 e. The first-order chi connectivity index (χ1) is 9.38. The first kappa shape index (κ1) is 12.9. The number of hydrogen-bond donors (Lipinski definition) is 1. The molecule has 0 aliphatic carbocycles. The third kappa shape index (κ3) is 2.77. The minimum Gasteiger partial charge on any atom is -0.385 e. The number of rotatable bonds is 6. The number of nitrogens with one attached hydrogen (secondary N) is 1. The highest BCUT2D eigenvalue weighted by molar-refractivity contribution is 5.29. The van der Waals surface area contributed by atoms with Gasteiger partial charge in [-0.2, -0.15) is 0 Å². The van der Waals surface area contributed by atoms with Crippen LogP contribution in [0.15, 0.2) is 12.4 Å². The van der Waals surface area contributed by atoms with E-state index in [0.29, 0.717) is 6.04 Å². The summed E-state index contributed by atoms with van der Waals surface area (Å²) in [5.74, 6) is 1.02. The molecule has 2 fully saturated rings. The van der Waals surface area contributed by atoms with Crippen LogP contribution in [0.5, 0.6) is 0 Å². The van der Waals surface area contributed by atoms with Gasteiger partial charge in [0, 0.05) is 51.3 Å². The van der Waals surface area contributed by atoms with E-state index < -0.39 is 0 Å². The predicted molar refractivity (Wildman–Crippen MR) is 75.3 cm³/mol. The maximum absolute atomic E-state index is 5.11. The van der Waals surface area contributed by atoms with Gasteiger partial charge in [-0.15, -0.1) is 0 Å². The van der Waals surface area contributed by atoms with Crippen molar-refractivity contribution in [1.29, 1.82) is 0 Å². The summed E-state index contributed by atoms with van der Waals surface area (Å²) in [7, 11) is 1.75. The van der Waals surface area contributed by atoms with Crippen molar-refractivity contribution < 1.29 is 4.74 Å². The first-order valence-electron chi connectivity index (χ1n) is 7.39. The molecule has 1 aromatic rings. The lowest BCUT2D eigenvalue weighted by atomic mass is 10.1. The zero-order valence-electron chi connectivity index (χ0n) is 11.7. The molecular formula is C14H24N4O. The van der Waals surface area contributed by atoms with Crippen molar-refractivity contribution in [2.45, 2.75) is 44.3 Å². The van der Waals surface area contributed by atoms with Crippen LogP contribution in [-0.2, 0) is 11.3 Å². The van der Waals surface area contributed by atoms with Gasteiger partial charge >= 0.3 is 0 Å². The van der Waals surface area contributed by atoms with Crippen LogP contribution in [0.3, 0.4) is 0 Å². The average molecular weight is 264 g/mol. The van der Waals surface area contributed by atoms with Crippen molar-refractivity contribution in [2.24, 2.45) is 0 Å². The number of aromatic nitrogens is 2. The summed E-state index contributed by atoms with van der Waals surface area (Å²) >= 11 is 0. The fourth-order valence-electron chi connectivity index (χ4n) is 3.43. The van der Waals surface area contributed by atoms with E-state index in [1.807, 2.05) is 6.20 Å². The molecule has 5 heteroatoms. The van der Waals surface area contributed by atoms with E-state index in [-0.39, 0.29) is 0 Å². The molecular weight excluding hydrogens is 240 g/mol. The third-order valence-corrected chi connectivity index (χ3v) is 4.38. The minimum atomic E-state index is 0.575. The lowest BCUT2D eigenvalue weighted by molar-refractivity contribution is 0.190. The number of anilines is 1. The Kier molecular flexibility index (Phi) is 4.03. The topological polar surface area (TPSA) is 42.3 Å². The van der Waals surface area contributed by atoms with E-state index in [4.69, 9.17) is 4.74 Å². The van der Waals surface area contributed by atoms with Gasteiger partial charge in [0.1, 0.15) is 0 Å². The summed E-state index contributed by atoms with van der Waals surface area (Å²) in [5, 5.41) is 3.66. The molecule has 5 nitrogen and oxygen atoms in total. The molecule has 2 unspecified atom stereocenters. The van der Waals surface area contributed by atoms with Crippen molar-refractivity contribution in [2.75, 3.05) is 32.1 Å². The van der Waals surface area contributed by atoms with Gasteiger partial charge in [-0.1, -0.05) is 0 Å². The Labute approximate surface area is 114 Å². The minimum absolute atomic E-state index is 0.575. The number of fused-ring (bicyclic) bond motifs is 1. The van der Waals surface area contributed by atoms with Crippen molar-refractivity contribution >= 4 is 5.95 Å². The van der Waals surface area contributed by atoms with Crippen LogP contribution in [0.4, 0.5) is 5.95 Å². The number of hydrogen-bond acceptors (Lipinski definition) is 4. The zero-order valence-corrected chi connectivity index (χ0v) is 11.7. The summed E-state index contributed by atoms with van der Waals surface area (Å²) < 4.78 is 7.31. The first-order valence-corrected chi connectivity index (χ1v) is 7.39. The fraction of sp³-hybridized carbons (Fsp3) is 0.786. The number of ether oxygens (including phenoxy) is 1. The molecule has 2 atom stereocenters. The molecule has 2 saturated heterocycles. The second kappa shape index (κ2) is 5.92. The highest BCUT2D eigenvalue weighted by atomic mass is 16.5. The van der Waals surface area contributed by atoms with Crippen LogP contribution in [0.1, 0.15) is 25.7 Å². The summed E-state index contributed by atoms with van der Waals surface area (Å²) in [6.45, 7) is 4.30. The van der Waals surface area contributed by atoms with Gasteiger partial charge in [0.15, 0.2) is 0 Å². The second-order valence-electron chi connectivity index (χ2n) is 5.58. The van der Waals surface area contributed by atoms with Crippen molar-refractivity contribution in [3.05, 3.63) is 12.4 Å². The lowest BCUT2D eigenvalue weighted by Gasteiger charge is -2.22. The van der Waals surface area contributed by atoms with Gasteiger partial charge in [0.25, 0.3) is 0 Å². The molecule has 0 aromatic carbocycles. The van der Waals surface area contributed by atoms with E-state index in [0.717, 1.165) is 31.6 Å². The highest BCUT2D eigenvalue weighted by Crippen LogP contribution is 2.29. The van der Waals surface area contributed by atoms with E-state index >= 15 is 0 Å². The number of imidazole rings is 1. The lowest BCUT2D eigenvalue weighted by Crippen LogP contribution is -2.34. The number of aryl methyl sites for hydroxylation is 1. The van der Waals surface area contributed by atoms with E-state index in [1.54, 1.807) is 7.11 Å². The molecule has 0 bridgehead atoms. The predicted octanol–water partition coefficient (Wildman–Crippen LogP) is 1.57. The molecule has 3 heterocycles. The normalized spacial score (nSPS) is 26.8. The molecule has 2 aliphatic rings. The Hall–Kier alpha value is -1.07. The van der Waals surface area contributed by atoms with Gasteiger partial charge in [-0.25, -0.2) is 4.98 Å². The molecule has 3 rings (SSSR count).